The van der Waals surface area contributed by atoms with Crippen LogP contribution in [0.3, 0.4) is 0 Å². The molecule has 0 atom stereocenters. The lowest BCUT2D eigenvalue weighted by Gasteiger charge is -2.13. The smallest absolute Gasteiger partial charge is 0.235 e. The molecule has 0 amide bonds. The van der Waals surface area contributed by atoms with Gasteiger partial charge in [0.15, 0.2) is 0 Å². The van der Waals surface area contributed by atoms with Crippen LogP contribution in [0.25, 0.3) is 6.08 Å². The molecular weight excluding hydrogens is 294 g/mol. The molecule has 0 fully saturated rings. The molecule has 0 aliphatic rings. The van der Waals surface area contributed by atoms with Gasteiger partial charge >= 0.3 is 0 Å². The summed E-state index contributed by atoms with van der Waals surface area (Å²) >= 11 is 1.58. The van der Waals surface area contributed by atoms with Gasteiger partial charge in [0, 0.05) is 12.7 Å². The maximum absolute atomic E-state index is 10.4. The van der Waals surface area contributed by atoms with E-state index in [-0.39, 0.29) is 6.61 Å². The standard InChI is InChI=1S/C14H19NO5S/c1-19-12-9-11(5-6-15(17)18)10-13(20-2)14(12)21-8-4-3-7-16/h5-6,9-10,16H,3-4,7-8H2,1-2H3/b6-5+. The van der Waals surface area contributed by atoms with E-state index in [1.54, 1.807) is 38.1 Å². The minimum absolute atomic E-state index is 0.180. The highest BCUT2D eigenvalue weighted by Crippen LogP contribution is 2.39. The fourth-order valence-corrected chi connectivity index (χ4v) is 2.80. The number of thioether (sulfide) groups is 1. The number of ether oxygens (including phenoxy) is 2. The van der Waals surface area contributed by atoms with E-state index in [2.05, 4.69) is 0 Å². The lowest BCUT2D eigenvalue weighted by atomic mass is 10.2. The predicted molar refractivity (Wildman–Crippen MR) is 82.6 cm³/mol. The monoisotopic (exact) mass is 313 g/mol. The van der Waals surface area contributed by atoms with Crippen molar-refractivity contribution in [3.05, 3.63) is 34.0 Å². The Morgan fingerprint density at radius 2 is 1.90 bits per heavy atom. The van der Waals surface area contributed by atoms with Crippen LogP contribution in [0.2, 0.25) is 0 Å². The second-order valence-electron chi connectivity index (χ2n) is 4.13. The zero-order chi connectivity index (χ0) is 15.7. The first-order valence-corrected chi connectivity index (χ1v) is 7.42. The summed E-state index contributed by atoms with van der Waals surface area (Å²) in [6, 6.07) is 3.47. The van der Waals surface area contributed by atoms with Crippen LogP contribution in [0.1, 0.15) is 18.4 Å². The molecule has 7 heteroatoms. The number of methoxy groups -OCH3 is 2. The number of benzene rings is 1. The SMILES string of the molecule is COc1cc(/C=C/[N+](=O)[O-])cc(OC)c1SCCCCO. The highest BCUT2D eigenvalue weighted by molar-refractivity contribution is 7.99. The average molecular weight is 313 g/mol. The van der Waals surface area contributed by atoms with Gasteiger partial charge in [0.1, 0.15) is 11.5 Å². The molecule has 6 nitrogen and oxygen atoms in total. The fraction of sp³-hybridized carbons (Fsp3) is 0.429. The number of hydrogen-bond acceptors (Lipinski definition) is 6. The summed E-state index contributed by atoms with van der Waals surface area (Å²) in [4.78, 5) is 10.7. The zero-order valence-corrected chi connectivity index (χ0v) is 12.9. The molecule has 0 saturated carbocycles. The normalized spacial score (nSPS) is 10.8. The fourth-order valence-electron chi connectivity index (χ4n) is 1.67. The summed E-state index contributed by atoms with van der Waals surface area (Å²) in [5.41, 5.74) is 0.639. The first-order valence-electron chi connectivity index (χ1n) is 6.43. The number of rotatable bonds is 9. The second kappa shape index (κ2) is 9.25. The molecule has 0 radical (unpaired) electrons. The number of unbranched alkanes of at least 4 members (excludes halogenated alkanes) is 1. The Morgan fingerprint density at radius 3 is 2.38 bits per heavy atom. The number of nitro groups is 1. The van der Waals surface area contributed by atoms with E-state index in [9.17, 15) is 10.1 Å². The van der Waals surface area contributed by atoms with Crippen molar-refractivity contribution in [2.45, 2.75) is 17.7 Å². The van der Waals surface area contributed by atoms with Crippen molar-refractivity contribution < 1.29 is 19.5 Å². The van der Waals surface area contributed by atoms with Gasteiger partial charge in [-0.25, -0.2) is 0 Å². The van der Waals surface area contributed by atoms with Crippen LogP contribution in [-0.2, 0) is 0 Å². The minimum Gasteiger partial charge on any atom is -0.495 e. The Labute approximate surface area is 127 Å². The Hall–Kier alpha value is -1.73. The summed E-state index contributed by atoms with van der Waals surface area (Å²) < 4.78 is 10.7. The predicted octanol–water partition coefficient (Wildman–Crippen LogP) is 2.82. The molecule has 1 aromatic carbocycles. The van der Waals surface area contributed by atoms with Gasteiger partial charge in [-0.05, 0) is 36.3 Å². The molecule has 1 N–H and O–H groups in total. The van der Waals surface area contributed by atoms with Crippen molar-refractivity contribution >= 4 is 17.8 Å². The van der Waals surface area contributed by atoms with Crippen LogP contribution >= 0.6 is 11.8 Å². The van der Waals surface area contributed by atoms with Crippen LogP contribution in [-0.4, -0.2) is 36.6 Å². The van der Waals surface area contributed by atoms with Crippen molar-refractivity contribution in [2.24, 2.45) is 0 Å². The van der Waals surface area contributed by atoms with Crippen LogP contribution in [0, 0.1) is 10.1 Å². The molecule has 0 saturated heterocycles. The molecule has 116 valence electrons. The van der Waals surface area contributed by atoms with Gasteiger partial charge in [0.25, 0.3) is 0 Å². The van der Waals surface area contributed by atoms with Gasteiger partial charge in [0.05, 0.1) is 24.0 Å². The van der Waals surface area contributed by atoms with Gasteiger partial charge in [0.2, 0.25) is 6.20 Å². The topological polar surface area (TPSA) is 81.8 Å². The molecule has 0 aromatic heterocycles. The largest absolute Gasteiger partial charge is 0.495 e. The number of aliphatic hydroxyl groups excluding tert-OH is 1. The van der Waals surface area contributed by atoms with Crippen molar-refractivity contribution in [1.29, 1.82) is 0 Å². The van der Waals surface area contributed by atoms with Gasteiger partial charge in [-0.15, -0.1) is 11.8 Å². The van der Waals surface area contributed by atoms with Crippen LogP contribution in [0.5, 0.6) is 11.5 Å². The number of hydrogen-bond donors (Lipinski definition) is 1. The molecule has 0 bridgehead atoms. The van der Waals surface area contributed by atoms with Gasteiger partial charge < -0.3 is 14.6 Å². The molecule has 0 unspecified atom stereocenters. The van der Waals surface area contributed by atoms with E-state index in [0.717, 1.165) is 29.7 Å². The van der Waals surface area contributed by atoms with Crippen molar-refractivity contribution in [3.63, 3.8) is 0 Å². The van der Waals surface area contributed by atoms with Gasteiger partial charge in [-0.2, -0.15) is 0 Å². The van der Waals surface area contributed by atoms with Crippen LogP contribution < -0.4 is 9.47 Å². The third kappa shape index (κ3) is 5.65. The van der Waals surface area contributed by atoms with Gasteiger partial charge in [-0.3, -0.25) is 10.1 Å². The summed E-state index contributed by atoms with van der Waals surface area (Å²) in [6.45, 7) is 0.180. The highest BCUT2D eigenvalue weighted by atomic mass is 32.2. The third-order valence-corrected chi connectivity index (χ3v) is 3.85. The van der Waals surface area contributed by atoms with E-state index in [1.807, 2.05) is 0 Å². The highest BCUT2D eigenvalue weighted by Gasteiger charge is 2.12. The van der Waals surface area contributed by atoms with E-state index >= 15 is 0 Å². The van der Waals surface area contributed by atoms with Crippen molar-refractivity contribution in [1.82, 2.24) is 0 Å². The lowest BCUT2D eigenvalue weighted by molar-refractivity contribution is -0.400. The lowest BCUT2D eigenvalue weighted by Crippen LogP contribution is -1.95. The summed E-state index contributed by atoms with van der Waals surface area (Å²) in [5.74, 6) is 2.06. The molecule has 21 heavy (non-hydrogen) atoms. The molecular formula is C14H19NO5S. The number of nitrogens with zero attached hydrogens (tertiary/aromatic N) is 1. The first kappa shape index (κ1) is 17.3. The molecule has 0 spiro atoms. The van der Waals surface area contributed by atoms with Crippen molar-refractivity contribution in [2.75, 3.05) is 26.6 Å². The molecule has 1 aromatic rings. The Kier molecular flexibility index (Phi) is 7.63. The quantitative estimate of drug-likeness (QED) is 0.327. The van der Waals surface area contributed by atoms with E-state index in [1.165, 1.54) is 6.08 Å². The van der Waals surface area contributed by atoms with E-state index in [4.69, 9.17) is 14.6 Å². The third-order valence-electron chi connectivity index (χ3n) is 2.67. The molecule has 0 aliphatic heterocycles. The second-order valence-corrected chi connectivity index (χ2v) is 5.24. The number of aliphatic hydroxyl groups is 1. The maximum Gasteiger partial charge on any atom is 0.235 e. The first-order chi connectivity index (χ1) is 10.1. The van der Waals surface area contributed by atoms with Crippen LogP contribution in [0.4, 0.5) is 0 Å². The Bertz CT molecular complexity index is 479. The molecule has 1 rings (SSSR count). The zero-order valence-electron chi connectivity index (χ0n) is 12.1. The van der Waals surface area contributed by atoms with E-state index < -0.39 is 4.92 Å². The average Bonchev–Trinajstić information content (AvgIpc) is 2.49. The van der Waals surface area contributed by atoms with Crippen molar-refractivity contribution in [3.8, 4) is 11.5 Å². The minimum atomic E-state index is -0.517. The van der Waals surface area contributed by atoms with E-state index in [0.29, 0.717) is 17.1 Å². The summed E-state index contributed by atoms with van der Waals surface area (Å²) in [5, 5.41) is 19.2. The molecule has 0 aliphatic carbocycles. The molecule has 0 heterocycles. The Morgan fingerprint density at radius 1 is 1.29 bits per heavy atom. The summed E-state index contributed by atoms with van der Waals surface area (Å²) in [6.07, 6.45) is 3.91. The summed E-state index contributed by atoms with van der Waals surface area (Å²) in [7, 11) is 3.10. The van der Waals surface area contributed by atoms with Gasteiger partial charge in [-0.1, -0.05) is 0 Å². The Balaban J connectivity index is 2.98. The maximum atomic E-state index is 10.4. The van der Waals surface area contributed by atoms with Crippen LogP contribution in [0.15, 0.2) is 23.2 Å².